The van der Waals surface area contributed by atoms with Gasteiger partial charge in [0.2, 0.25) is 0 Å². The van der Waals surface area contributed by atoms with E-state index in [2.05, 4.69) is 20.5 Å². The number of carbonyl (C=O) groups excluding carboxylic acids is 1. The van der Waals surface area contributed by atoms with Crippen molar-refractivity contribution >= 4 is 40.0 Å². The average molecular weight is 416 g/mol. The van der Waals surface area contributed by atoms with Crippen molar-refractivity contribution in [1.29, 1.82) is 0 Å². The number of benzene rings is 1. The maximum atomic E-state index is 12.5. The third kappa shape index (κ3) is 3.69. The van der Waals surface area contributed by atoms with E-state index in [4.69, 9.17) is 23.2 Å². The number of hydrogen-bond donors (Lipinski definition) is 0. The summed E-state index contributed by atoms with van der Waals surface area (Å²) < 4.78 is 2.08. The quantitative estimate of drug-likeness (QED) is 0.417. The molecule has 1 aliphatic rings. The SMILES string of the molecule is Cc1c(C(=O)CCl)c2ncc(CCN3CCCC3)cc2n1-c1ccc(Cl)cc1. The largest absolute Gasteiger partial charge is 0.312 e. The molecule has 1 fully saturated rings. The fraction of sp³-hybridized carbons (Fsp3) is 0.364. The van der Waals surface area contributed by atoms with Crippen LogP contribution in [0.15, 0.2) is 36.5 Å². The van der Waals surface area contributed by atoms with Gasteiger partial charge in [-0.3, -0.25) is 9.78 Å². The van der Waals surface area contributed by atoms with Gasteiger partial charge in [0.25, 0.3) is 0 Å². The molecule has 0 spiro atoms. The summed E-state index contributed by atoms with van der Waals surface area (Å²) in [5.41, 5.74) is 5.24. The van der Waals surface area contributed by atoms with Gasteiger partial charge < -0.3 is 9.47 Å². The molecule has 146 valence electrons. The van der Waals surface area contributed by atoms with Gasteiger partial charge in [-0.25, -0.2) is 0 Å². The Morgan fingerprint density at radius 1 is 1.18 bits per heavy atom. The number of likely N-dealkylation sites (tertiary alicyclic amines) is 1. The van der Waals surface area contributed by atoms with Gasteiger partial charge in [-0.1, -0.05) is 11.6 Å². The number of pyridine rings is 1. The Balaban J connectivity index is 1.79. The van der Waals surface area contributed by atoms with Gasteiger partial charge in [-0.05, 0) is 75.2 Å². The molecule has 3 heterocycles. The minimum atomic E-state index is -0.103. The second-order valence-corrected chi connectivity index (χ2v) is 8.04. The lowest BCUT2D eigenvalue weighted by Crippen LogP contribution is -2.21. The fourth-order valence-electron chi connectivity index (χ4n) is 4.08. The highest BCUT2D eigenvalue weighted by Gasteiger charge is 2.22. The minimum absolute atomic E-state index is 0.0566. The summed E-state index contributed by atoms with van der Waals surface area (Å²) in [5, 5.41) is 0.680. The van der Waals surface area contributed by atoms with Gasteiger partial charge in [-0.15, -0.1) is 11.6 Å². The third-order valence-corrected chi connectivity index (χ3v) is 5.99. The average Bonchev–Trinajstić information content (AvgIpc) is 3.32. The van der Waals surface area contributed by atoms with E-state index in [0.717, 1.165) is 29.9 Å². The summed E-state index contributed by atoms with van der Waals surface area (Å²) in [6.07, 6.45) is 5.43. The summed E-state index contributed by atoms with van der Waals surface area (Å²) in [6, 6.07) is 9.79. The number of Topliss-reactive ketones (excluding diaryl/α,β-unsaturated/α-hetero) is 1. The molecule has 0 aliphatic carbocycles. The maximum absolute atomic E-state index is 12.5. The van der Waals surface area contributed by atoms with Gasteiger partial charge in [-0.2, -0.15) is 0 Å². The Bertz CT molecular complexity index is 1000. The number of ketones is 1. The number of hydrogen-bond acceptors (Lipinski definition) is 3. The van der Waals surface area contributed by atoms with Crippen LogP contribution < -0.4 is 0 Å². The highest BCUT2D eigenvalue weighted by atomic mass is 35.5. The summed E-state index contributed by atoms with van der Waals surface area (Å²) in [4.78, 5) is 19.7. The predicted molar refractivity (Wildman–Crippen MR) is 115 cm³/mol. The van der Waals surface area contributed by atoms with Crippen molar-refractivity contribution in [3.63, 3.8) is 0 Å². The van der Waals surface area contributed by atoms with E-state index in [9.17, 15) is 4.79 Å². The molecule has 4 rings (SSSR count). The molecular weight excluding hydrogens is 393 g/mol. The number of alkyl halides is 1. The molecule has 1 saturated heterocycles. The summed E-state index contributed by atoms with van der Waals surface area (Å²) in [6.45, 7) is 5.36. The number of fused-ring (bicyclic) bond motifs is 1. The first-order chi connectivity index (χ1) is 13.6. The lowest BCUT2D eigenvalue weighted by Gasteiger charge is -2.14. The molecule has 4 nitrogen and oxygen atoms in total. The second-order valence-electron chi connectivity index (χ2n) is 7.34. The number of aromatic nitrogens is 2. The first kappa shape index (κ1) is 19.4. The summed E-state index contributed by atoms with van der Waals surface area (Å²) in [7, 11) is 0. The Kier molecular flexibility index (Phi) is 5.72. The van der Waals surface area contributed by atoms with E-state index in [-0.39, 0.29) is 11.7 Å². The van der Waals surface area contributed by atoms with Crippen molar-refractivity contribution in [3.05, 3.63) is 58.4 Å². The fourth-order valence-corrected chi connectivity index (χ4v) is 4.34. The van der Waals surface area contributed by atoms with Crippen LogP contribution in [0.4, 0.5) is 0 Å². The minimum Gasteiger partial charge on any atom is -0.312 e. The van der Waals surface area contributed by atoms with Crippen molar-refractivity contribution in [2.75, 3.05) is 25.5 Å². The molecule has 2 aromatic heterocycles. The van der Waals surface area contributed by atoms with Crippen LogP contribution >= 0.6 is 23.2 Å². The topological polar surface area (TPSA) is 38.1 Å². The molecule has 6 heteroatoms. The number of rotatable bonds is 6. The van der Waals surface area contributed by atoms with Crippen LogP contribution in [-0.4, -0.2) is 45.7 Å². The molecular formula is C22H23Cl2N3O. The van der Waals surface area contributed by atoms with Crippen LogP contribution in [0.1, 0.15) is 34.5 Å². The Hall–Kier alpha value is -1.88. The smallest absolute Gasteiger partial charge is 0.181 e. The van der Waals surface area contributed by atoms with Crippen molar-refractivity contribution < 1.29 is 4.79 Å². The second kappa shape index (κ2) is 8.24. The van der Waals surface area contributed by atoms with Crippen molar-refractivity contribution in [3.8, 4) is 5.69 Å². The van der Waals surface area contributed by atoms with Gasteiger partial charge >= 0.3 is 0 Å². The third-order valence-electron chi connectivity index (χ3n) is 5.50. The molecule has 1 aliphatic heterocycles. The molecule has 0 bridgehead atoms. The molecule has 1 aromatic carbocycles. The molecule has 3 aromatic rings. The van der Waals surface area contributed by atoms with E-state index in [1.165, 1.54) is 31.5 Å². The summed E-state index contributed by atoms with van der Waals surface area (Å²) in [5.74, 6) is -0.159. The first-order valence-corrected chi connectivity index (χ1v) is 10.6. The molecule has 0 atom stereocenters. The Morgan fingerprint density at radius 2 is 1.89 bits per heavy atom. The van der Waals surface area contributed by atoms with Crippen LogP contribution in [0.2, 0.25) is 5.02 Å². The van der Waals surface area contributed by atoms with Crippen LogP contribution in [0.3, 0.4) is 0 Å². The monoisotopic (exact) mass is 415 g/mol. The summed E-state index contributed by atoms with van der Waals surface area (Å²) >= 11 is 11.9. The Morgan fingerprint density at radius 3 is 2.57 bits per heavy atom. The van der Waals surface area contributed by atoms with Gasteiger partial charge in [0.05, 0.1) is 22.5 Å². The molecule has 0 N–H and O–H groups in total. The lowest BCUT2D eigenvalue weighted by atomic mass is 10.1. The normalized spacial score (nSPS) is 14.8. The molecule has 28 heavy (non-hydrogen) atoms. The van der Waals surface area contributed by atoms with Gasteiger partial charge in [0, 0.05) is 29.1 Å². The van der Waals surface area contributed by atoms with Crippen LogP contribution in [0, 0.1) is 6.92 Å². The highest BCUT2D eigenvalue weighted by Crippen LogP contribution is 2.30. The van der Waals surface area contributed by atoms with E-state index in [0.29, 0.717) is 16.1 Å². The van der Waals surface area contributed by atoms with Crippen molar-refractivity contribution in [2.45, 2.75) is 26.2 Å². The molecule has 0 saturated carbocycles. The van der Waals surface area contributed by atoms with Crippen LogP contribution in [0.5, 0.6) is 0 Å². The van der Waals surface area contributed by atoms with E-state index in [1.54, 1.807) is 0 Å². The Labute approximate surface area is 175 Å². The number of nitrogens with zero attached hydrogens (tertiary/aromatic N) is 3. The van der Waals surface area contributed by atoms with E-state index in [1.807, 2.05) is 37.4 Å². The highest BCUT2D eigenvalue weighted by molar-refractivity contribution is 6.32. The van der Waals surface area contributed by atoms with Gasteiger partial charge in [0.1, 0.15) is 0 Å². The number of halogens is 2. The molecule has 0 radical (unpaired) electrons. The zero-order valence-electron chi connectivity index (χ0n) is 15.9. The van der Waals surface area contributed by atoms with Crippen LogP contribution in [0.25, 0.3) is 16.7 Å². The van der Waals surface area contributed by atoms with Crippen LogP contribution in [-0.2, 0) is 6.42 Å². The van der Waals surface area contributed by atoms with Crippen molar-refractivity contribution in [1.82, 2.24) is 14.5 Å². The predicted octanol–water partition coefficient (Wildman–Crippen LogP) is 5.05. The standard InChI is InChI=1S/C22H23Cl2N3O/c1-15-21(20(28)13-23)22-19(27(15)18-6-4-17(24)5-7-18)12-16(14-25-22)8-11-26-9-2-3-10-26/h4-7,12,14H,2-3,8-11,13H2,1H3. The van der Waals surface area contributed by atoms with Crippen molar-refractivity contribution in [2.24, 2.45) is 0 Å². The van der Waals surface area contributed by atoms with E-state index < -0.39 is 0 Å². The zero-order valence-corrected chi connectivity index (χ0v) is 17.4. The molecule has 0 unspecified atom stereocenters. The van der Waals surface area contributed by atoms with Gasteiger partial charge in [0.15, 0.2) is 5.78 Å². The van der Waals surface area contributed by atoms with E-state index >= 15 is 0 Å². The maximum Gasteiger partial charge on any atom is 0.181 e. The lowest BCUT2D eigenvalue weighted by molar-refractivity contribution is 0.102. The number of carbonyl (C=O) groups is 1. The first-order valence-electron chi connectivity index (χ1n) is 9.66. The molecule has 0 amide bonds. The zero-order chi connectivity index (χ0) is 19.7.